The van der Waals surface area contributed by atoms with Crippen molar-refractivity contribution in [2.45, 2.75) is 0 Å². The maximum Gasteiger partial charge on any atom is 0.227 e. The Morgan fingerprint density at radius 1 is 0.396 bits per heavy atom. The standard InChI is InChI=1S/C43H26N2O3/c1-3-10-27(11-4-1)28-18-20-30(21-19-28)45(36-15-9-17-38-42(36)33-14-7-8-16-37(33)46-38)31-22-23-32-34-25-35-41(26-40(34)47-39(32)24-31)48-43(44-35)29-12-5-2-6-13-29/h1-26H. The summed E-state index contributed by atoms with van der Waals surface area (Å²) in [7, 11) is 0. The Morgan fingerprint density at radius 3 is 1.90 bits per heavy atom. The normalized spacial score (nSPS) is 11.8. The van der Waals surface area contributed by atoms with Gasteiger partial charge in [-0.25, -0.2) is 4.98 Å². The maximum absolute atomic E-state index is 6.52. The molecule has 0 aliphatic carbocycles. The molecule has 0 unspecified atom stereocenters. The van der Waals surface area contributed by atoms with Gasteiger partial charge in [0.15, 0.2) is 5.58 Å². The lowest BCUT2D eigenvalue weighted by molar-refractivity contribution is 0.617. The number of hydrogen-bond donors (Lipinski definition) is 0. The molecule has 48 heavy (non-hydrogen) atoms. The molecule has 7 aromatic carbocycles. The van der Waals surface area contributed by atoms with E-state index < -0.39 is 0 Å². The van der Waals surface area contributed by atoms with E-state index in [1.54, 1.807) is 0 Å². The van der Waals surface area contributed by atoms with E-state index >= 15 is 0 Å². The topological polar surface area (TPSA) is 55.6 Å². The van der Waals surface area contributed by atoms with Crippen LogP contribution in [0.2, 0.25) is 0 Å². The van der Waals surface area contributed by atoms with Crippen LogP contribution in [0.4, 0.5) is 17.1 Å². The van der Waals surface area contributed by atoms with Gasteiger partial charge in [0.05, 0.1) is 11.1 Å². The van der Waals surface area contributed by atoms with Gasteiger partial charge < -0.3 is 18.2 Å². The summed E-state index contributed by atoms with van der Waals surface area (Å²) >= 11 is 0. The molecule has 0 amide bonds. The molecule has 0 aliphatic rings. The minimum Gasteiger partial charge on any atom is -0.456 e. The number of oxazole rings is 1. The quantitative estimate of drug-likeness (QED) is 0.192. The number of hydrogen-bond acceptors (Lipinski definition) is 5. The van der Waals surface area contributed by atoms with Crippen LogP contribution in [0, 0.1) is 0 Å². The third-order valence-corrected chi connectivity index (χ3v) is 9.10. The fourth-order valence-electron chi connectivity index (χ4n) is 6.83. The van der Waals surface area contributed by atoms with Crippen LogP contribution in [0.5, 0.6) is 0 Å². The molecule has 3 heterocycles. The van der Waals surface area contributed by atoms with Gasteiger partial charge in [-0.2, -0.15) is 0 Å². The van der Waals surface area contributed by atoms with Crippen LogP contribution in [0.1, 0.15) is 0 Å². The zero-order valence-electron chi connectivity index (χ0n) is 25.6. The van der Waals surface area contributed by atoms with Gasteiger partial charge >= 0.3 is 0 Å². The Hall–Kier alpha value is -6.59. The van der Waals surface area contributed by atoms with Crippen molar-refractivity contribution in [3.63, 3.8) is 0 Å². The molecular weight excluding hydrogens is 592 g/mol. The molecule has 0 bridgehead atoms. The molecule has 0 aliphatic heterocycles. The van der Waals surface area contributed by atoms with Crippen LogP contribution in [0.3, 0.4) is 0 Å². The van der Waals surface area contributed by atoms with Gasteiger partial charge in [-0.05, 0) is 71.8 Å². The third kappa shape index (κ3) is 4.22. The smallest absolute Gasteiger partial charge is 0.227 e. The zero-order chi connectivity index (χ0) is 31.6. The first-order valence-electron chi connectivity index (χ1n) is 15.9. The van der Waals surface area contributed by atoms with Crippen molar-refractivity contribution in [2.24, 2.45) is 0 Å². The Balaban J connectivity index is 1.15. The molecule has 0 fully saturated rings. The summed E-state index contributed by atoms with van der Waals surface area (Å²) < 4.78 is 19.0. The predicted molar refractivity (Wildman–Crippen MR) is 194 cm³/mol. The van der Waals surface area contributed by atoms with E-state index in [9.17, 15) is 0 Å². The van der Waals surface area contributed by atoms with Crippen molar-refractivity contribution in [3.8, 4) is 22.6 Å². The van der Waals surface area contributed by atoms with Gasteiger partial charge in [0.2, 0.25) is 5.89 Å². The molecule has 3 aromatic heterocycles. The Labute approximate surface area is 274 Å². The monoisotopic (exact) mass is 618 g/mol. The molecule has 0 spiro atoms. The number of fused-ring (bicyclic) bond motifs is 7. The fourth-order valence-corrected chi connectivity index (χ4v) is 6.83. The summed E-state index contributed by atoms with van der Waals surface area (Å²) in [6.45, 7) is 0. The van der Waals surface area contributed by atoms with Crippen molar-refractivity contribution < 1.29 is 13.3 Å². The van der Waals surface area contributed by atoms with Crippen molar-refractivity contribution in [3.05, 3.63) is 158 Å². The van der Waals surface area contributed by atoms with Crippen molar-refractivity contribution in [1.82, 2.24) is 4.98 Å². The molecule has 5 heteroatoms. The van der Waals surface area contributed by atoms with E-state index in [2.05, 4.69) is 102 Å². The zero-order valence-corrected chi connectivity index (χ0v) is 25.6. The Kier molecular flexibility index (Phi) is 5.81. The highest BCUT2D eigenvalue weighted by Gasteiger charge is 2.21. The van der Waals surface area contributed by atoms with E-state index in [-0.39, 0.29) is 0 Å². The summed E-state index contributed by atoms with van der Waals surface area (Å²) in [4.78, 5) is 7.08. The largest absolute Gasteiger partial charge is 0.456 e. The summed E-state index contributed by atoms with van der Waals surface area (Å²) in [6, 6.07) is 54.0. The first kappa shape index (κ1) is 26.6. The van der Waals surface area contributed by atoms with Crippen LogP contribution >= 0.6 is 0 Å². The van der Waals surface area contributed by atoms with Crippen LogP contribution in [0.15, 0.2) is 171 Å². The number of anilines is 3. The van der Waals surface area contributed by atoms with Gasteiger partial charge in [0, 0.05) is 45.2 Å². The van der Waals surface area contributed by atoms with Crippen molar-refractivity contribution in [2.75, 3.05) is 4.90 Å². The summed E-state index contributed by atoms with van der Waals surface area (Å²) in [6.07, 6.45) is 0. The molecule has 0 saturated carbocycles. The number of benzene rings is 7. The summed E-state index contributed by atoms with van der Waals surface area (Å²) in [5.41, 5.74) is 11.0. The fraction of sp³-hybridized carbons (Fsp3) is 0. The van der Waals surface area contributed by atoms with E-state index in [1.807, 2.05) is 60.7 Å². The van der Waals surface area contributed by atoms with Crippen molar-refractivity contribution in [1.29, 1.82) is 0 Å². The summed E-state index contributed by atoms with van der Waals surface area (Å²) in [5.74, 6) is 0.597. The highest BCUT2D eigenvalue weighted by molar-refractivity contribution is 6.14. The lowest BCUT2D eigenvalue weighted by atomic mass is 10.0. The second-order valence-electron chi connectivity index (χ2n) is 12.0. The number of aromatic nitrogens is 1. The minimum atomic E-state index is 0.597. The van der Waals surface area contributed by atoms with Gasteiger partial charge in [-0.1, -0.05) is 84.9 Å². The molecule has 0 radical (unpaired) electrons. The van der Waals surface area contributed by atoms with Crippen LogP contribution in [-0.2, 0) is 0 Å². The lowest BCUT2D eigenvalue weighted by Crippen LogP contribution is -2.10. The first-order chi connectivity index (χ1) is 23.8. The molecule has 5 nitrogen and oxygen atoms in total. The number of furan rings is 2. The minimum absolute atomic E-state index is 0.597. The molecule has 0 N–H and O–H groups in total. The van der Waals surface area contributed by atoms with Gasteiger partial charge in [0.1, 0.15) is 27.8 Å². The Morgan fingerprint density at radius 2 is 1.06 bits per heavy atom. The SMILES string of the molecule is c1ccc(-c2ccc(N(c3ccc4c(c3)oc3cc5oc(-c6ccccc6)nc5cc34)c3cccc4oc5ccccc5c34)cc2)cc1. The highest BCUT2D eigenvalue weighted by atomic mass is 16.4. The predicted octanol–water partition coefficient (Wildman–Crippen LogP) is 12.4. The van der Waals surface area contributed by atoms with Gasteiger partial charge in [0.25, 0.3) is 0 Å². The maximum atomic E-state index is 6.52. The highest BCUT2D eigenvalue weighted by Crippen LogP contribution is 2.44. The van der Waals surface area contributed by atoms with Crippen LogP contribution in [0.25, 0.3) is 77.6 Å². The van der Waals surface area contributed by atoms with Gasteiger partial charge in [-0.15, -0.1) is 0 Å². The number of nitrogens with zero attached hydrogens (tertiary/aromatic N) is 2. The van der Waals surface area contributed by atoms with E-state index in [0.717, 1.165) is 77.6 Å². The second kappa shape index (κ2) is 10.5. The van der Waals surface area contributed by atoms with Crippen molar-refractivity contribution >= 4 is 72.0 Å². The van der Waals surface area contributed by atoms with E-state index in [4.69, 9.17) is 18.2 Å². The lowest BCUT2D eigenvalue weighted by Gasteiger charge is -2.26. The summed E-state index contributed by atoms with van der Waals surface area (Å²) in [5, 5.41) is 4.15. The van der Waals surface area contributed by atoms with E-state index in [0.29, 0.717) is 11.5 Å². The Bertz CT molecular complexity index is 2770. The van der Waals surface area contributed by atoms with Crippen LogP contribution < -0.4 is 4.90 Å². The molecular formula is C43H26N2O3. The average Bonchev–Trinajstić information content (AvgIpc) is 3.84. The third-order valence-electron chi connectivity index (χ3n) is 9.10. The number of para-hydroxylation sites is 1. The molecule has 0 saturated heterocycles. The molecule has 10 rings (SSSR count). The average molecular weight is 619 g/mol. The van der Waals surface area contributed by atoms with Gasteiger partial charge in [-0.3, -0.25) is 0 Å². The number of rotatable bonds is 5. The molecule has 0 atom stereocenters. The molecule has 10 aromatic rings. The molecule has 226 valence electrons. The second-order valence-corrected chi connectivity index (χ2v) is 12.0. The van der Waals surface area contributed by atoms with E-state index in [1.165, 1.54) is 5.56 Å². The van der Waals surface area contributed by atoms with Crippen LogP contribution in [-0.4, -0.2) is 4.98 Å². The first-order valence-corrected chi connectivity index (χ1v) is 15.9.